The Labute approximate surface area is 165 Å². The first-order chi connectivity index (χ1) is 13.0. The molecule has 5 heteroatoms. The number of carbonyl (C=O) groups is 1. The van der Waals surface area contributed by atoms with E-state index in [1.54, 1.807) is 0 Å². The zero-order chi connectivity index (χ0) is 20.4. The molecule has 1 aliphatic rings. The third-order valence-electron chi connectivity index (χ3n) is 4.77. The largest absolute Gasteiger partial charge is 0.398 e. The van der Waals surface area contributed by atoms with Gasteiger partial charge < -0.3 is 16.3 Å². The van der Waals surface area contributed by atoms with Crippen molar-refractivity contribution in [2.45, 2.75) is 45.1 Å². The van der Waals surface area contributed by atoms with Crippen molar-refractivity contribution in [2.75, 3.05) is 5.73 Å². The molecule has 2 aromatic carbocycles. The molecule has 0 amide bonds. The Hall–Kier alpha value is -2.21. The lowest BCUT2D eigenvalue weighted by molar-refractivity contribution is -0.0979. The molecule has 3 rings (SSSR count). The molecule has 1 fully saturated rings. The first-order valence-corrected chi connectivity index (χ1v) is 9.84. The summed E-state index contributed by atoms with van der Waals surface area (Å²) in [5.74, 6) is 0.814. The molecule has 144 valence electrons. The van der Waals surface area contributed by atoms with E-state index in [1.807, 2.05) is 57.0 Å². The Morgan fingerprint density at radius 3 is 2.19 bits per heavy atom. The van der Waals surface area contributed by atoms with Gasteiger partial charge in [-0.25, -0.2) is 0 Å². The number of nitrogens with zero attached hydrogens (tertiary/aromatic N) is 1. The van der Waals surface area contributed by atoms with E-state index < -0.39 is 5.54 Å². The fourth-order valence-electron chi connectivity index (χ4n) is 2.99. The summed E-state index contributed by atoms with van der Waals surface area (Å²) in [4.78, 5) is 8.00. The quantitative estimate of drug-likeness (QED) is 0.605. The molecule has 0 radical (unpaired) electrons. The maximum Gasteiger partial charge on any atom is 0.106 e. The topological polar surface area (TPSA) is 92.9 Å². The summed E-state index contributed by atoms with van der Waals surface area (Å²) in [6.07, 6.45) is 4.64. The van der Waals surface area contributed by atoms with Crippen molar-refractivity contribution in [3.05, 3.63) is 59.2 Å². The van der Waals surface area contributed by atoms with E-state index in [-0.39, 0.29) is 0 Å². The van der Waals surface area contributed by atoms with Gasteiger partial charge >= 0.3 is 0 Å². The SMILES string of the molecule is C=O.CC.N#Cc1ccc(C(N)(CCC2CC2)c2ccc(P)c(N)c2)cc1. The number of hydrogen-bond acceptors (Lipinski definition) is 4. The van der Waals surface area contributed by atoms with Gasteiger partial charge in [-0.2, -0.15) is 5.26 Å². The molecule has 4 nitrogen and oxygen atoms in total. The van der Waals surface area contributed by atoms with Crippen molar-refractivity contribution in [1.82, 2.24) is 0 Å². The minimum absolute atomic E-state index is 0.566. The van der Waals surface area contributed by atoms with Crippen LogP contribution in [-0.4, -0.2) is 6.79 Å². The number of nitrogens with two attached hydrogens (primary N) is 2. The van der Waals surface area contributed by atoms with Crippen LogP contribution >= 0.6 is 9.24 Å². The highest BCUT2D eigenvalue weighted by Gasteiger charge is 2.33. The summed E-state index contributed by atoms with van der Waals surface area (Å²) >= 11 is 0. The average molecular weight is 383 g/mol. The number of nitriles is 1. The van der Waals surface area contributed by atoms with Crippen LogP contribution in [-0.2, 0) is 10.3 Å². The summed E-state index contributed by atoms with van der Waals surface area (Å²) in [7, 11) is 2.64. The van der Waals surface area contributed by atoms with E-state index in [4.69, 9.17) is 21.5 Å². The molecule has 1 aliphatic carbocycles. The molecule has 0 spiro atoms. The highest BCUT2D eigenvalue weighted by atomic mass is 31.0. The van der Waals surface area contributed by atoms with E-state index in [0.29, 0.717) is 5.56 Å². The number of benzene rings is 2. The lowest BCUT2D eigenvalue weighted by Gasteiger charge is -2.31. The fourth-order valence-corrected chi connectivity index (χ4v) is 3.17. The van der Waals surface area contributed by atoms with E-state index in [1.165, 1.54) is 12.8 Å². The Bertz CT molecular complexity index is 766. The Balaban J connectivity index is 0.000000855. The van der Waals surface area contributed by atoms with Gasteiger partial charge in [-0.05, 0) is 53.4 Å². The summed E-state index contributed by atoms with van der Waals surface area (Å²) in [5, 5.41) is 9.98. The summed E-state index contributed by atoms with van der Waals surface area (Å²) in [5.41, 5.74) is 15.9. The van der Waals surface area contributed by atoms with Crippen molar-refractivity contribution in [3.63, 3.8) is 0 Å². The second kappa shape index (κ2) is 10.8. The van der Waals surface area contributed by atoms with Gasteiger partial charge in [0.25, 0.3) is 0 Å². The second-order valence-corrected chi connectivity index (χ2v) is 7.11. The summed E-state index contributed by atoms with van der Waals surface area (Å²) < 4.78 is 0. The highest BCUT2D eigenvalue weighted by molar-refractivity contribution is 7.28. The van der Waals surface area contributed by atoms with E-state index >= 15 is 0 Å². The Morgan fingerprint density at radius 2 is 1.70 bits per heavy atom. The third kappa shape index (κ3) is 5.89. The molecule has 2 atom stereocenters. The zero-order valence-corrected chi connectivity index (χ0v) is 17.4. The standard InChI is InChI=1S/C19H22N3P.C2H6.CH2O/c20-12-14-3-5-15(6-4-14)19(22,10-9-13-1-2-13)16-7-8-18(23)17(21)11-16;2*1-2/h3-8,11,13H,1-2,9-10,21-23H2;1-2H3;1H2. The van der Waals surface area contributed by atoms with E-state index in [0.717, 1.165) is 40.9 Å². The van der Waals surface area contributed by atoms with Gasteiger partial charge in [0, 0.05) is 5.69 Å². The molecule has 4 N–H and O–H groups in total. The van der Waals surface area contributed by atoms with Crippen molar-refractivity contribution < 1.29 is 4.79 Å². The second-order valence-electron chi connectivity index (χ2n) is 6.49. The molecule has 0 saturated heterocycles. The number of hydrogen-bond donors (Lipinski definition) is 2. The smallest absolute Gasteiger partial charge is 0.106 e. The van der Waals surface area contributed by atoms with Gasteiger partial charge in [-0.15, -0.1) is 9.24 Å². The Morgan fingerprint density at radius 1 is 1.15 bits per heavy atom. The van der Waals surface area contributed by atoms with Crippen molar-refractivity contribution in [1.29, 1.82) is 5.26 Å². The molecule has 0 aromatic heterocycles. The van der Waals surface area contributed by atoms with Crippen LogP contribution in [0.5, 0.6) is 0 Å². The van der Waals surface area contributed by atoms with Crippen LogP contribution in [0.25, 0.3) is 0 Å². The number of nitrogen functional groups attached to an aromatic ring is 1. The van der Waals surface area contributed by atoms with E-state index in [2.05, 4.69) is 21.4 Å². The number of rotatable bonds is 5. The van der Waals surface area contributed by atoms with Crippen LogP contribution in [0.4, 0.5) is 5.69 Å². The van der Waals surface area contributed by atoms with Crippen molar-refractivity contribution in [3.8, 4) is 6.07 Å². The number of anilines is 1. The van der Waals surface area contributed by atoms with Gasteiger partial charge in [0.1, 0.15) is 6.79 Å². The van der Waals surface area contributed by atoms with Gasteiger partial charge in [0.15, 0.2) is 0 Å². The van der Waals surface area contributed by atoms with Crippen LogP contribution < -0.4 is 16.8 Å². The van der Waals surface area contributed by atoms with Crippen LogP contribution in [0, 0.1) is 17.2 Å². The van der Waals surface area contributed by atoms with Crippen molar-refractivity contribution in [2.24, 2.45) is 11.7 Å². The molecule has 2 aromatic rings. The molecule has 0 aliphatic heterocycles. The van der Waals surface area contributed by atoms with E-state index in [9.17, 15) is 0 Å². The van der Waals surface area contributed by atoms with Crippen LogP contribution in [0.1, 0.15) is 56.2 Å². The minimum Gasteiger partial charge on any atom is -0.398 e. The lowest BCUT2D eigenvalue weighted by atomic mass is 9.79. The minimum atomic E-state index is -0.566. The van der Waals surface area contributed by atoms with Crippen molar-refractivity contribution >= 4 is 27.0 Å². The fraction of sp³-hybridized carbons (Fsp3) is 0.364. The van der Waals surface area contributed by atoms with Crippen LogP contribution in [0.15, 0.2) is 42.5 Å². The normalized spacial score (nSPS) is 14.5. The van der Waals surface area contributed by atoms with Gasteiger partial charge in [-0.3, -0.25) is 0 Å². The molecular formula is C22H30N3OP. The maximum atomic E-state index is 9.00. The van der Waals surface area contributed by atoms with Crippen LogP contribution in [0.3, 0.4) is 0 Å². The number of carbonyl (C=O) groups excluding carboxylic acids is 1. The lowest BCUT2D eigenvalue weighted by Crippen LogP contribution is -2.38. The summed E-state index contributed by atoms with van der Waals surface area (Å²) in [6, 6.07) is 15.8. The van der Waals surface area contributed by atoms with Gasteiger partial charge in [0.2, 0.25) is 0 Å². The summed E-state index contributed by atoms with van der Waals surface area (Å²) in [6.45, 7) is 6.00. The molecule has 2 unspecified atom stereocenters. The molecule has 27 heavy (non-hydrogen) atoms. The predicted molar refractivity (Wildman–Crippen MR) is 117 cm³/mol. The average Bonchev–Trinajstić information content (AvgIpc) is 3.56. The molecular weight excluding hydrogens is 353 g/mol. The molecule has 0 bridgehead atoms. The van der Waals surface area contributed by atoms with Gasteiger partial charge in [-0.1, -0.05) is 51.0 Å². The highest BCUT2D eigenvalue weighted by Crippen LogP contribution is 2.40. The van der Waals surface area contributed by atoms with Gasteiger partial charge in [0.05, 0.1) is 17.2 Å². The third-order valence-corrected chi connectivity index (χ3v) is 5.30. The Kier molecular flexibility index (Phi) is 9.15. The first-order valence-electron chi connectivity index (χ1n) is 9.27. The molecule has 0 heterocycles. The monoisotopic (exact) mass is 383 g/mol. The van der Waals surface area contributed by atoms with Crippen LogP contribution in [0.2, 0.25) is 0 Å². The molecule has 1 saturated carbocycles. The predicted octanol–water partition coefficient (Wildman–Crippen LogP) is 3.87. The first kappa shape index (κ1) is 22.8. The maximum absolute atomic E-state index is 9.00. The zero-order valence-electron chi connectivity index (χ0n) is 16.2.